The van der Waals surface area contributed by atoms with Crippen molar-refractivity contribution in [1.82, 2.24) is 5.32 Å². The summed E-state index contributed by atoms with van der Waals surface area (Å²) in [4.78, 5) is 21.6. The van der Waals surface area contributed by atoms with Crippen LogP contribution in [0.3, 0.4) is 0 Å². The SMILES string of the molecule is O=C(Cl)NCC(=O)Nc1ccc(Cl)c(Cl)c1. The Kier molecular flexibility index (Phi) is 4.86. The van der Waals surface area contributed by atoms with Gasteiger partial charge in [0.1, 0.15) is 0 Å². The number of carbonyl (C=O) groups excluding carboxylic acids is 2. The number of amides is 2. The van der Waals surface area contributed by atoms with Crippen LogP contribution in [0.5, 0.6) is 0 Å². The number of rotatable bonds is 3. The highest BCUT2D eigenvalue weighted by Crippen LogP contribution is 2.24. The molecule has 1 aromatic rings. The first-order valence-corrected chi connectivity index (χ1v) is 5.30. The first-order valence-electron chi connectivity index (χ1n) is 4.17. The Balaban J connectivity index is 2.56. The lowest BCUT2D eigenvalue weighted by molar-refractivity contribution is -0.115. The molecule has 0 spiro atoms. The summed E-state index contributed by atoms with van der Waals surface area (Å²) in [6.45, 7) is -0.206. The van der Waals surface area contributed by atoms with Gasteiger partial charge in [-0.15, -0.1) is 0 Å². The van der Waals surface area contributed by atoms with Crippen molar-refractivity contribution in [3.8, 4) is 0 Å². The van der Waals surface area contributed by atoms with Crippen molar-refractivity contribution < 1.29 is 9.59 Å². The molecule has 0 unspecified atom stereocenters. The van der Waals surface area contributed by atoms with Gasteiger partial charge in [0.25, 0.3) is 0 Å². The number of nitrogens with one attached hydrogen (secondary N) is 2. The number of hydrogen-bond donors (Lipinski definition) is 2. The molecule has 1 aromatic carbocycles. The molecule has 7 heteroatoms. The standard InChI is InChI=1S/C9H7Cl3N2O2/c10-6-2-1-5(3-7(6)11)14-8(15)4-13-9(12)16/h1-3H,4H2,(H,13,16)(H,14,15). The number of hydrogen-bond acceptors (Lipinski definition) is 2. The average Bonchev–Trinajstić information content (AvgIpc) is 2.21. The van der Waals surface area contributed by atoms with E-state index in [-0.39, 0.29) is 6.54 Å². The third kappa shape index (κ3) is 4.26. The van der Waals surface area contributed by atoms with Gasteiger partial charge in [-0.2, -0.15) is 0 Å². The van der Waals surface area contributed by atoms with Crippen molar-refractivity contribution in [2.24, 2.45) is 0 Å². The van der Waals surface area contributed by atoms with Crippen LogP contribution in [-0.2, 0) is 4.79 Å². The van der Waals surface area contributed by atoms with Crippen LogP contribution in [0.1, 0.15) is 0 Å². The molecule has 0 radical (unpaired) electrons. The summed E-state index contributed by atoms with van der Waals surface area (Å²) in [6.07, 6.45) is 0. The van der Waals surface area contributed by atoms with E-state index >= 15 is 0 Å². The van der Waals surface area contributed by atoms with E-state index in [0.717, 1.165) is 0 Å². The van der Waals surface area contributed by atoms with Crippen LogP contribution < -0.4 is 10.6 Å². The molecular formula is C9H7Cl3N2O2. The van der Waals surface area contributed by atoms with Crippen LogP contribution in [-0.4, -0.2) is 17.8 Å². The summed E-state index contributed by atoms with van der Waals surface area (Å²) < 4.78 is 0. The summed E-state index contributed by atoms with van der Waals surface area (Å²) in [5.41, 5.74) is 0.489. The maximum absolute atomic E-state index is 11.3. The number of halogens is 3. The van der Waals surface area contributed by atoms with E-state index in [2.05, 4.69) is 10.6 Å². The summed E-state index contributed by atoms with van der Waals surface area (Å²) in [6, 6.07) is 4.65. The molecular weight excluding hydrogens is 274 g/mol. The van der Waals surface area contributed by atoms with Crippen molar-refractivity contribution in [2.75, 3.05) is 11.9 Å². The highest BCUT2D eigenvalue weighted by Gasteiger charge is 2.05. The molecule has 0 aromatic heterocycles. The molecule has 0 bridgehead atoms. The zero-order valence-corrected chi connectivity index (χ0v) is 10.2. The zero-order valence-electron chi connectivity index (χ0n) is 7.89. The Morgan fingerprint density at radius 3 is 2.44 bits per heavy atom. The van der Waals surface area contributed by atoms with E-state index < -0.39 is 11.3 Å². The lowest BCUT2D eigenvalue weighted by Gasteiger charge is -2.06. The Hall–Kier alpha value is -0.970. The van der Waals surface area contributed by atoms with Gasteiger partial charge in [-0.1, -0.05) is 23.2 Å². The molecule has 0 saturated heterocycles. The zero-order chi connectivity index (χ0) is 12.1. The van der Waals surface area contributed by atoms with Gasteiger partial charge in [0.15, 0.2) is 0 Å². The van der Waals surface area contributed by atoms with Crippen molar-refractivity contribution in [3.63, 3.8) is 0 Å². The smallest absolute Gasteiger partial charge is 0.314 e. The van der Waals surface area contributed by atoms with Crippen molar-refractivity contribution in [1.29, 1.82) is 0 Å². The maximum atomic E-state index is 11.3. The second-order valence-electron chi connectivity index (χ2n) is 2.80. The second kappa shape index (κ2) is 5.94. The lowest BCUT2D eigenvalue weighted by atomic mass is 10.3. The summed E-state index contributed by atoms with van der Waals surface area (Å²) in [7, 11) is 0. The normalized spacial score (nSPS) is 9.69. The predicted octanol–water partition coefficient (Wildman–Crippen LogP) is 2.88. The van der Waals surface area contributed by atoms with E-state index in [9.17, 15) is 9.59 Å². The summed E-state index contributed by atoms with van der Waals surface area (Å²) >= 11 is 16.5. The first-order chi connectivity index (χ1) is 7.49. The van der Waals surface area contributed by atoms with Crippen LogP contribution >= 0.6 is 34.8 Å². The first kappa shape index (κ1) is 13.1. The van der Waals surface area contributed by atoms with E-state index in [1.54, 1.807) is 12.1 Å². The molecule has 2 N–H and O–H groups in total. The minimum atomic E-state index is -0.788. The third-order valence-corrected chi connectivity index (χ3v) is 2.46. The second-order valence-corrected chi connectivity index (χ2v) is 3.96. The fourth-order valence-electron chi connectivity index (χ4n) is 0.929. The van der Waals surface area contributed by atoms with E-state index in [0.29, 0.717) is 15.7 Å². The van der Waals surface area contributed by atoms with Gasteiger partial charge in [-0.3, -0.25) is 9.59 Å². The number of benzene rings is 1. The van der Waals surface area contributed by atoms with Crippen molar-refractivity contribution >= 4 is 51.8 Å². The molecule has 0 atom stereocenters. The fraction of sp³-hybridized carbons (Fsp3) is 0.111. The topological polar surface area (TPSA) is 58.2 Å². The van der Waals surface area contributed by atoms with Gasteiger partial charge in [-0.05, 0) is 29.8 Å². The minimum Gasteiger partial charge on any atom is -0.334 e. The van der Waals surface area contributed by atoms with Crippen LogP contribution in [0.25, 0.3) is 0 Å². The number of carbonyl (C=O) groups is 2. The largest absolute Gasteiger partial charge is 0.334 e. The van der Waals surface area contributed by atoms with Gasteiger partial charge in [0, 0.05) is 5.69 Å². The molecule has 0 saturated carbocycles. The van der Waals surface area contributed by atoms with Crippen molar-refractivity contribution in [2.45, 2.75) is 0 Å². The van der Waals surface area contributed by atoms with E-state index in [4.69, 9.17) is 34.8 Å². The summed E-state index contributed by atoms with van der Waals surface area (Å²) in [5, 5.41) is 4.60. The Labute approximate surface area is 107 Å². The minimum absolute atomic E-state index is 0.206. The summed E-state index contributed by atoms with van der Waals surface area (Å²) in [5.74, 6) is -0.410. The molecule has 16 heavy (non-hydrogen) atoms. The predicted molar refractivity (Wildman–Crippen MR) is 64.3 cm³/mol. The lowest BCUT2D eigenvalue weighted by Crippen LogP contribution is -2.29. The molecule has 0 aliphatic rings. The van der Waals surface area contributed by atoms with E-state index in [1.807, 2.05) is 0 Å². The third-order valence-electron chi connectivity index (χ3n) is 1.59. The molecule has 0 heterocycles. The Bertz CT molecular complexity index is 423. The molecule has 86 valence electrons. The van der Waals surface area contributed by atoms with Gasteiger partial charge in [0.2, 0.25) is 5.91 Å². The highest BCUT2D eigenvalue weighted by atomic mass is 35.5. The molecule has 1 rings (SSSR count). The van der Waals surface area contributed by atoms with Crippen LogP contribution in [0, 0.1) is 0 Å². The molecule has 0 aliphatic heterocycles. The Morgan fingerprint density at radius 2 is 1.88 bits per heavy atom. The fourth-order valence-corrected chi connectivity index (χ4v) is 1.29. The van der Waals surface area contributed by atoms with Crippen LogP contribution in [0.4, 0.5) is 10.5 Å². The van der Waals surface area contributed by atoms with Gasteiger partial charge < -0.3 is 10.6 Å². The van der Waals surface area contributed by atoms with Gasteiger partial charge >= 0.3 is 5.37 Å². The van der Waals surface area contributed by atoms with E-state index in [1.165, 1.54) is 6.07 Å². The average molecular weight is 282 g/mol. The Morgan fingerprint density at radius 1 is 1.19 bits per heavy atom. The molecule has 0 aliphatic carbocycles. The molecule has 2 amide bonds. The molecule has 0 fully saturated rings. The highest BCUT2D eigenvalue weighted by molar-refractivity contribution is 6.63. The van der Waals surface area contributed by atoms with Gasteiger partial charge in [-0.25, -0.2) is 0 Å². The quantitative estimate of drug-likeness (QED) is 0.661. The number of anilines is 1. The monoisotopic (exact) mass is 280 g/mol. The molecule has 4 nitrogen and oxygen atoms in total. The van der Waals surface area contributed by atoms with Crippen LogP contribution in [0.15, 0.2) is 18.2 Å². The maximum Gasteiger partial charge on any atom is 0.314 e. The van der Waals surface area contributed by atoms with Crippen LogP contribution in [0.2, 0.25) is 10.0 Å². The van der Waals surface area contributed by atoms with Gasteiger partial charge in [0.05, 0.1) is 16.6 Å². The van der Waals surface area contributed by atoms with Crippen molar-refractivity contribution in [3.05, 3.63) is 28.2 Å².